The Labute approximate surface area is 198 Å². The Morgan fingerprint density at radius 2 is 1.91 bits per heavy atom. The van der Waals surface area contributed by atoms with Crippen LogP contribution in [0.15, 0.2) is 30.5 Å². The number of amides is 3. The van der Waals surface area contributed by atoms with Gasteiger partial charge in [-0.1, -0.05) is 19.4 Å². The minimum absolute atomic E-state index is 0.143. The number of ether oxygens (including phenoxy) is 2. The molecule has 0 fully saturated rings. The average molecular weight is 470 g/mol. The molecular weight excluding hydrogens is 438 g/mol. The van der Waals surface area contributed by atoms with E-state index in [1.54, 1.807) is 45.2 Å². The minimum Gasteiger partial charge on any atom is -0.453 e. The van der Waals surface area contributed by atoms with Crippen molar-refractivity contribution in [1.82, 2.24) is 15.5 Å². The molecule has 3 rings (SSSR count). The van der Waals surface area contributed by atoms with Crippen molar-refractivity contribution in [2.75, 3.05) is 17.7 Å². The van der Waals surface area contributed by atoms with Crippen molar-refractivity contribution in [3.05, 3.63) is 36.2 Å². The summed E-state index contributed by atoms with van der Waals surface area (Å²) in [4.78, 5) is 37.0. The van der Waals surface area contributed by atoms with E-state index in [-0.39, 0.29) is 11.8 Å². The van der Waals surface area contributed by atoms with Crippen molar-refractivity contribution in [1.29, 1.82) is 0 Å². The fourth-order valence-corrected chi connectivity index (χ4v) is 3.61. The number of methoxy groups -OCH3 is 1. The molecule has 0 spiro atoms. The average Bonchev–Trinajstić information content (AvgIpc) is 2.76. The van der Waals surface area contributed by atoms with Crippen LogP contribution < -0.4 is 16.0 Å². The summed E-state index contributed by atoms with van der Waals surface area (Å²) in [6, 6.07) is 6.54. The van der Waals surface area contributed by atoms with Gasteiger partial charge in [-0.2, -0.15) is 10.2 Å². The van der Waals surface area contributed by atoms with Crippen molar-refractivity contribution in [3.63, 3.8) is 0 Å². The van der Waals surface area contributed by atoms with Gasteiger partial charge in [0.25, 0.3) is 0 Å². The molecule has 0 unspecified atom stereocenters. The molecule has 3 amide bonds. The predicted molar refractivity (Wildman–Crippen MR) is 127 cm³/mol. The number of anilines is 2. The topological polar surface area (TPSA) is 132 Å². The lowest BCUT2D eigenvalue weighted by Crippen LogP contribution is -2.35. The maximum absolute atomic E-state index is 12.9. The summed E-state index contributed by atoms with van der Waals surface area (Å²) in [7, 11) is 1.28. The second-order valence-electron chi connectivity index (χ2n) is 9.27. The largest absolute Gasteiger partial charge is 0.453 e. The van der Waals surface area contributed by atoms with E-state index in [1.807, 2.05) is 13.0 Å². The SMILES string of the molecule is COC(=O)Nc1ccc2c(c1)NC(=O)[C@H](C)CCC[C@H](NC(=O)OC(C)(C)C)c1cc-2cnn1. The highest BCUT2D eigenvalue weighted by Crippen LogP contribution is 2.33. The Hall–Kier alpha value is -3.69. The molecule has 2 bridgehead atoms. The van der Waals surface area contributed by atoms with Gasteiger partial charge in [-0.3, -0.25) is 10.1 Å². The first-order valence-corrected chi connectivity index (χ1v) is 11.2. The summed E-state index contributed by atoms with van der Waals surface area (Å²) in [5, 5.41) is 16.9. The molecule has 0 radical (unpaired) electrons. The summed E-state index contributed by atoms with van der Waals surface area (Å²) in [5.74, 6) is -0.410. The molecule has 0 saturated heterocycles. The Morgan fingerprint density at radius 1 is 1.15 bits per heavy atom. The van der Waals surface area contributed by atoms with Gasteiger partial charge < -0.3 is 20.1 Å². The lowest BCUT2D eigenvalue weighted by molar-refractivity contribution is -0.119. The number of fused-ring (bicyclic) bond motifs is 4. The van der Waals surface area contributed by atoms with Gasteiger partial charge in [0, 0.05) is 22.7 Å². The van der Waals surface area contributed by atoms with E-state index in [9.17, 15) is 14.4 Å². The third-order valence-corrected chi connectivity index (χ3v) is 5.32. The van der Waals surface area contributed by atoms with Crippen molar-refractivity contribution in [3.8, 4) is 11.1 Å². The number of nitrogens with zero attached hydrogens (tertiary/aromatic N) is 2. The number of rotatable bonds is 2. The van der Waals surface area contributed by atoms with Crippen molar-refractivity contribution in [2.45, 2.75) is 58.6 Å². The summed E-state index contributed by atoms with van der Waals surface area (Å²) in [5.41, 5.74) is 2.34. The van der Waals surface area contributed by atoms with Gasteiger partial charge in [-0.15, -0.1) is 0 Å². The maximum atomic E-state index is 12.9. The van der Waals surface area contributed by atoms with Gasteiger partial charge in [0.15, 0.2) is 0 Å². The molecule has 1 aliphatic heterocycles. The van der Waals surface area contributed by atoms with Crippen LogP contribution in [0, 0.1) is 5.92 Å². The zero-order valence-electron chi connectivity index (χ0n) is 20.1. The smallest absolute Gasteiger partial charge is 0.411 e. The molecule has 182 valence electrons. The molecule has 0 aliphatic carbocycles. The highest BCUT2D eigenvalue weighted by molar-refractivity contribution is 5.98. The molecule has 34 heavy (non-hydrogen) atoms. The van der Waals surface area contributed by atoms with Crippen LogP contribution in [0.5, 0.6) is 0 Å². The number of aromatic nitrogens is 2. The second-order valence-corrected chi connectivity index (χ2v) is 9.27. The lowest BCUT2D eigenvalue weighted by atomic mass is 9.96. The summed E-state index contributed by atoms with van der Waals surface area (Å²) in [6.07, 6.45) is 2.29. The number of carbonyl (C=O) groups excluding carboxylic acids is 3. The van der Waals surface area contributed by atoms with E-state index < -0.39 is 23.8 Å². The van der Waals surface area contributed by atoms with Crippen LogP contribution in [-0.4, -0.2) is 41.0 Å². The molecule has 0 saturated carbocycles. The lowest BCUT2D eigenvalue weighted by Gasteiger charge is -2.24. The van der Waals surface area contributed by atoms with Crippen LogP contribution in [-0.2, 0) is 14.3 Å². The Morgan fingerprint density at radius 3 is 2.62 bits per heavy atom. The van der Waals surface area contributed by atoms with E-state index in [2.05, 4.69) is 30.9 Å². The van der Waals surface area contributed by atoms with Crippen LogP contribution in [0.25, 0.3) is 11.1 Å². The number of hydrogen-bond donors (Lipinski definition) is 3. The molecule has 1 aromatic carbocycles. The zero-order valence-corrected chi connectivity index (χ0v) is 20.1. The summed E-state index contributed by atoms with van der Waals surface area (Å²) < 4.78 is 10.1. The van der Waals surface area contributed by atoms with Crippen molar-refractivity contribution in [2.24, 2.45) is 5.92 Å². The highest BCUT2D eigenvalue weighted by atomic mass is 16.6. The molecular formula is C24H31N5O5. The molecule has 2 heterocycles. The van der Waals surface area contributed by atoms with Crippen LogP contribution in [0.2, 0.25) is 0 Å². The van der Waals surface area contributed by atoms with Crippen molar-refractivity contribution >= 4 is 29.5 Å². The van der Waals surface area contributed by atoms with E-state index in [0.29, 0.717) is 47.5 Å². The quantitative estimate of drug-likeness (QED) is 0.583. The number of hydrogen-bond acceptors (Lipinski definition) is 7. The summed E-state index contributed by atoms with van der Waals surface area (Å²) in [6.45, 7) is 7.25. The van der Waals surface area contributed by atoms with E-state index >= 15 is 0 Å². The Bertz CT molecular complexity index is 1070. The standard InChI is InChI=1S/C24H31N5O5/c1-14-7-6-8-18(28-23(32)34-24(2,3)4)20-11-15(13-25-29-20)17-10-9-16(26-22(31)33-5)12-19(17)27-21(14)30/h9-14,18H,6-8H2,1-5H3,(H,26,31)(H,27,30)(H,28,32)/t14-,18+/m1/s1. The Balaban J connectivity index is 2.01. The van der Waals surface area contributed by atoms with Crippen LogP contribution >= 0.6 is 0 Å². The monoisotopic (exact) mass is 469 g/mol. The molecule has 3 N–H and O–H groups in total. The zero-order chi connectivity index (χ0) is 24.9. The first-order chi connectivity index (χ1) is 16.1. The van der Waals surface area contributed by atoms with Gasteiger partial charge >= 0.3 is 12.2 Å². The van der Waals surface area contributed by atoms with Crippen LogP contribution in [0.1, 0.15) is 58.7 Å². The molecule has 2 aromatic rings. The molecule has 10 heteroatoms. The van der Waals surface area contributed by atoms with Crippen molar-refractivity contribution < 1.29 is 23.9 Å². The van der Waals surface area contributed by atoms with E-state index in [1.165, 1.54) is 7.11 Å². The third kappa shape index (κ3) is 6.66. The molecule has 1 aliphatic rings. The van der Waals surface area contributed by atoms with Gasteiger partial charge in [-0.25, -0.2) is 9.59 Å². The summed E-state index contributed by atoms with van der Waals surface area (Å²) >= 11 is 0. The van der Waals surface area contributed by atoms with Gasteiger partial charge in [-0.05, 0) is 51.8 Å². The van der Waals surface area contributed by atoms with Gasteiger partial charge in [0.1, 0.15) is 5.60 Å². The molecule has 2 atom stereocenters. The van der Waals surface area contributed by atoms with Gasteiger partial charge in [0.2, 0.25) is 5.91 Å². The van der Waals surface area contributed by atoms with Crippen LogP contribution in [0.4, 0.5) is 21.0 Å². The minimum atomic E-state index is -0.634. The third-order valence-electron chi connectivity index (χ3n) is 5.32. The number of carbonyl (C=O) groups is 3. The maximum Gasteiger partial charge on any atom is 0.411 e. The van der Waals surface area contributed by atoms with Gasteiger partial charge in [0.05, 0.1) is 30.7 Å². The predicted octanol–water partition coefficient (Wildman–Crippen LogP) is 4.65. The second kappa shape index (κ2) is 10.5. The fourth-order valence-electron chi connectivity index (χ4n) is 3.61. The van der Waals surface area contributed by atoms with Crippen LogP contribution in [0.3, 0.4) is 0 Å². The first kappa shape index (κ1) is 24.9. The first-order valence-electron chi connectivity index (χ1n) is 11.2. The number of alkyl carbamates (subject to hydrolysis) is 1. The number of nitrogens with one attached hydrogen (secondary N) is 3. The molecule has 1 aromatic heterocycles. The highest BCUT2D eigenvalue weighted by Gasteiger charge is 2.24. The van der Waals surface area contributed by atoms with E-state index in [0.717, 1.165) is 0 Å². The number of benzene rings is 1. The molecule has 10 nitrogen and oxygen atoms in total. The van der Waals surface area contributed by atoms with E-state index in [4.69, 9.17) is 4.74 Å². The normalized spacial score (nSPS) is 18.3. The fraction of sp³-hybridized carbons (Fsp3) is 0.458. The Kier molecular flexibility index (Phi) is 7.70.